The van der Waals surface area contributed by atoms with E-state index in [9.17, 15) is 0 Å². The van der Waals surface area contributed by atoms with Crippen LogP contribution in [-0.4, -0.2) is 9.55 Å². The number of rotatable bonds is 4. The first-order valence-corrected chi connectivity index (χ1v) is 14.8. The Balaban J connectivity index is 1.29. The highest BCUT2D eigenvalue weighted by atomic mass is 15.2. The highest BCUT2D eigenvalue weighted by molar-refractivity contribution is 5.88. The monoisotopic (exact) mass is 553 g/mol. The number of benzene rings is 6. The summed E-state index contributed by atoms with van der Waals surface area (Å²) in [6.07, 6.45) is 0. The van der Waals surface area contributed by atoms with E-state index >= 15 is 0 Å². The lowest BCUT2D eigenvalue weighted by atomic mass is 9.73. The summed E-state index contributed by atoms with van der Waals surface area (Å²) in [7, 11) is 0. The van der Waals surface area contributed by atoms with Crippen molar-refractivity contribution in [1.82, 2.24) is 9.55 Å². The quantitative estimate of drug-likeness (QED) is 0.216. The van der Waals surface area contributed by atoms with Crippen LogP contribution < -0.4 is 4.90 Å². The normalized spacial score (nSPS) is 13.5. The summed E-state index contributed by atoms with van der Waals surface area (Å²) >= 11 is 0. The van der Waals surface area contributed by atoms with E-state index < -0.39 is 0 Å². The van der Waals surface area contributed by atoms with Crippen LogP contribution in [0.1, 0.15) is 25.0 Å². The van der Waals surface area contributed by atoms with Crippen molar-refractivity contribution < 1.29 is 0 Å². The molecule has 1 aliphatic rings. The summed E-state index contributed by atoms with van der Waals surface area (Å²) in [5.74, 6) is 0.945. The second-order valence-electron chi connectivity index (χ2n) is 11.7. The van der Waals surface area contributed by atoms with Crippen LogP contribution >= 0.6 is 0 Å². The Labute approximate surface area is 252 Å². The highest BCUT2D eigenvalue weighted by Crippen LogP contribution is 2.52. The van der Waals surface area contributed by atoms with Gasteiger partial charge >= 0.3 is 0 Å². The van der Waals surface area contributed by atoms with Crippen molar-refractivity contribution in [2.75, 3.05) is 4.90 Å². The highest BCUT2D eigenvalue weighted by Gasteiger charge is 2.36. The molecule has 3 heteroatoms. The standard InChI is InChI=1S/C40H31N3/c1-40(2)33-20-9-11-22-36(33)42(31-17-7-4-8-18-31)37-25-24-30(27-34(37)40)29-16-13-19-32(26-29)43-38-23-12-10-21-35(38)41-39(43)28-14-5-3-6-15-28/h3-27H,1-2H3. The van der Waals surface area contributed by atoms with Gasteiger partial charge in [-0.25, -0.2) is 4.98 Å². The van der Waals surface area contributed by atoms with Gasteiger partial charge in [0.2, 0.25) is 0 Å². The second-order valence-corrected chi connectivity index (χ2v) is 11.7. The molecule has 7 aromatic rings. The molecular formula is C40H31N3. The van der Waals surface area contributed by atoms with Crippen LogP contribution in [0.5, 0.6) is 0 Å². The van der Waals surface area contributed by atoms with Crippen molar-refractivity contribution in [3.63, 3.8) is 0 Å². The molecule has 0 aliphatic carbocycles. The van der Waals surface area contributed by atoms with Gasteiger partial charge in [-0.15, -0.1) is 0 Å². The lowest BCUT2D eigenvalue weighted by Gasteiger charge is -2.42. The fourth-order valence-electron chi connectivity index (χ4n) is 6.63. The van der Waals surface area contributed by atoms with E-state index in [1.54, 1.807) is 0 Å². The van der Waals surface area contributed by atoms with Crippen LogP contribution in [0, 0.1) is 0 Å². The van der Waals surface area contributed by atoms with Crippen LogP contribution in [0.4, 0.5) is 17.1 Å². The second kappa shape index (κ2) is 9.85. The van der Waals surface area contributed by atoms with Gasteiger partial charge in [0, 0.05) is 22.4 Å². The summed E-state index contributed by atoms with van der Waals surface area (Å²) in [4.78, 5) is 7.46. The lowest BCUT2D eigenvalue weighted by Crippen LogP contribution is -2.30. The molecule has 8 rings (SSSR count). The Morgan fingerprint density at radius 2 is 1.12 bits per heavy atom. The van der Waals surface area contributed by atoms with Crippen LogP contribution in [0.25, 0.3) is 39.2 Å². The van der Waals surface area contributed by atoms with E-state index in [1.165, 1.54) is 39.3 Å². The molecule has 0 saturated heterocycles. The smallest absolute Gasteiger partial charge is 0.145 e. The number of imidazole rings is 1. The van der Waals surface area contributed by atoms with Crippen molar-refractivity contribution in [2.45, 2.75) is 19.3 Å². The van der Waals surface area contributed by atoms with Gasteiger partial charge in [-0.05, 0) is 76.9 Å². The van der Waals surface area contributed by atoms with Crippen molar-refractivity contribution in [3.8, 4) is 28.2 Å². The Kier molecular flexibility index (Phi) is 5.80. The predicted molar refractivity (Wildman–Crippen MR) is 179 cm³/mol. The largest absolute Gasteiger partial charge is 0.310 e. The van der Waals surface area contributed by atoms with E-state index in [0.717, 1.165) is 28.1 Å². The Bertz CT molecular complexity index is 2110. The Hall–Kier alpha value is -5.41. The molecule has 0 spiro atoms. The molecule has 0 bridgehead atoms. The molecule has 0 fully saturated rings. The first-order chi connectivity index (χ1) is 21.1. The molecule has 0 radical (unpaired) electrons. The number of hydrogen-bond acceptors (Lipinski definition) is 2. The average molecular weight is 554 g/mol. The molecule has 2 heterocycles. The fraction of sp³-hybridized carbons (Fsp3) is 0.0750. The minimum absolute atomic E-state index is 0.161. The molecular weight excluding hydrogens is 522 g/mol. The maximum atomic E-state index is 5.05. The molecule has 206 valence electrons. The zero-order chi connectivity index (χ0) is 29.0. The number of hydrogen-bond donors (Lipinski definition) is 0. The molecule has 0 saturated carbocycles. The molecule has 0 unspecified atom stereocenters. The van der Waals surface area contributed by atoms with E-state index in [4.69, 9.17) is 4.98 Å². The third-order valence-corrected chi connectivity index (χ3v) is 8.77. The minimum Gasteiger partial charge on any atom is -0.310 e. The maximum absolute atomic E-state index is 5.05. The lowest BCUT2D eigenvalue weighted by molar-refractivity contribution is 0.632. The van der Waals surface area contributed by atoms with Gasteiger partial charge in [-0.3, -0.25) is 4.57 Å². The van der Waals surface area contributed by atoms with Gasteiger partial charge in [-0.2, -0.15) is 0 Å². The van der Waals surface area contributed by atoms with Gasteiger partial charge in [0.05, 0.1) is 22.4 Å². The number of fused-ring (bicyclic) bond motifs is 3. The van der Waals surface area contributed by atoms with Gasteiger partial charge in [0.25, 0.3) is 0 Å². The third-order valence-electron chi connectivity index (χ3n) is 8.77. The molecule has 0 atom stereocenters. The topological polar surface area (TPSA) is 21.1 Å². The van der Waals surface area contributed by atoms with Crippen LogP contribution in [0.3, 0.4) is 0 Å². The zero-order valence-corrected chi connectivity index (χ0v) is 24.3. The first-order valence-electron chi connectivity index (χ1n) is 14.8. The molecule has 1 aliphatic heterocycles. The van der Waals surface area contributed by atoms with E-state index in [0.29, 0.717) is 0 Å². The summed E-state index contributed by atoms with van der Waals surface area (Å²) in [6, 6.07) is 54.1. The molecule has 1 aromatic heterocycles. The number of para-hydroxylation sites is 4. The molecule has 6 aromatic carbocycles. The zero-order valence-electron chi connectivity index (χ0n) is 24.3. The molecule has 43 heavy (non-hydrogen) atoms. The van der Waals surface area contributed by atoms with Gasteiger partial charge in [-0.1, -0.05) is 111 Å². The van der Waals surface area contributed by atoms with Crippen LogP contribution in [0.15, 0.2) is 152 Å². The summed E-state index contributed by atoms with van der Waals surface area (Å²) in [5.41, 5.74) is 12.8. The fourth-order valence-corrected chi connectivity index (χ4v) is 6.63. The Morgan fingerprint density at radius 1 is 0.488 bits per heavy atom. The summed E-state index contributed by atoms with van der Waals surface area (Å²) in [5, 5.41) is 0. The van der Waals surface area contributed by atoms with Crippen molar-refractivity contribution in [3.05, 3.63) is 163 Å². The molecule has 0 N–H and O–H groups in total. The van der Waals surface area contributed by atoms with E-state index in [2.05, 4.69) is 169 Å². The number of aromatic nitrogens is 2. The van der Waals surface area contributed by atoms with E-state index in [-0.39, 0.29) is 5.41 Å². The average Bonchev–Trinajstić information content (AvgIpc) is 3.46. The third kappa shape index (κ3) is 4.08. The SMILES string of the molecule is CC1(C)c2ccccc2N(c2ccccc2)c2ccc(-c3cccc(-n4c(-c5ccccc5)nc5ccccc54)c3)cc21. The maximum Gasteiger partial charge on any atom is 0.145 e. The number of nitrogens with zero attached hydrogens (tertiary/aromatic N) is 3. The van der Waals surface area contributed by atoms with Crippen molar-refractivity contribution in [1.29, 1.82) is 0 Å². The van der Waals surface area contributed by atoms with Crippen molar-refractivity contribution >= 4 is 28.1 Å². The van der Waals surface area contributed by atoms with E-state index in [1.807, 2.05) is 6.07 Å². The Morgan fingerprint density at radius 3 is 1.95 bits per heavy atom. The summed E-state index contributed by atoms with van der Waals surface area (Å²) in [6.45, 7) is 4.69. The van der Waals surface area contributed by atoms with Gasteiger partial charge < -0.3 is 4.90 Å². The van der Waals surface area contributed by atoms with Crippen LogP contribution in [0.2, 0.25) is 0 Å². The number of anilines is 3. The van der Waals surface area contributed by atoms with Gasteiger partial charge in [0.15, 0.2) is 0 Å². The van der Waals surface area contributed by atoms with Gasteiger partial charge in [0.1, 0.15) is 5.82 Å². The van der Waals surface area contributed by atoms with Crippen molar-refractivity contribution in [2.24, 2.45) is 0 Å². The van der Waals surface area contributed by atoms with Crippen LogP contribution in [-0.2, 0) is 5.41 Å². The molecule has 3 nitrogen and oxygen atoms in total. The molecule has 0 amide bonds. The summed E-state index contributed by atoms with van der Waals surface area (Å²) < 4.78 is 2.28. The first kappa shape index (κ1) is 25.3. The minimum atomic E-state index is -0.161. The predicted octanol–water partition coefficient (Wildman–Crippen LogP) is 10.5.